The molecule has 0 saturated carbocycles. The predicted octanol–water partition coefficient (Wildman–Crippen LogP) is 0.450. The minimum absolute atomic E-state index is 0.812. The van der Waals surface area contributed by atoms with Crippen LogP contribution in [0.15, 0.2) is 0 Å². The number of ether oxygens (including phenoxy) is 1. The van der Waals surface area contributed by atoms with E-state index in [1.165, 1.54) is 0 Å². The number of esters is 1. The van der Waals surface area contributed by atoms with Crippen LogP contribution in [0.3, 0.4) is 0 Å². The fourth-order valence-corrected chi connectivity index (χ4v) is 0.123. The van der Waals surface area contributed by atoms with Crippen molar-refractivity contribution in [1.29, 1.82) is 0 Å². The first-order chi connectivity index (χ1) is 4.86. The third-order valence-corrected chi connectivity index (χ3v) is 0.231. The molecule has 64 valence electrons. The zero-order chi connectivity index (χ0) is 9.44. The lowest BCUT2D eigenvalue weighted by molar-refractivity contribution is -0.136. The van der Waals surface area contributed by atoms with Crippen molar-refractivity contribution in [2.45, 2.75) is 6.92 Å². The quantitative estimate of drug-likeness (QED) is 0.352. The number of hydrogen-bond acceptors (Lipinski definition) is 4. The van der Waals surface area contributed by atoms with Gasteiger partial charge in [-0.15, -0.1) is 0 Å². The molecule has 0 saturated heterocycles. The first-order valence-corrected chi connectivity index (χ1v) is 2.19. The zero-order valence-electron chi connectivity index (χ0n) is 5.47. The van der Waals surface area contributed by atoms with Crippen molar-refractivity contribution in [3.8, 4) is 0 Å². The molecule has 0 aromatic carbocycles. The molecule has 0 spiro atoms. The van der Waals surface area contributed by atoms with Gasteiger partial charge in [0.2, 0.25) is 0 Å². The largest absolute Gasteiger partial charge is 0.513 e. The van der Waals surface area contributed by atoms with E-state index in [1.807, 2.05) is 0 Å². The van der Waals surface area contributed by atoms with Crippen LogP contribution < -0.4 is 0 Å². The van der Waals surface area contributed by atoms with E-state index in [9.17, 15) is 9.59 Å². The van der Waals surface area contributed by atoms with E-state index in [1.54, 1.807) is 0 Å². The number of carbonyl (C=O) groups is 3. The normalized spacial score (nSPS) is 7.00. The Kier molecular flexibility index (Phi) is 6.87. The van der Waals surface area contributed by atoms with Crippen molar-refractivity contribution in [2.75, 3.05) is 0 Å². The van der Waals surface area contributed by atoms with Crippen LogP contribution >= 0.6 is 0 Å². The summed E-state index contributed by atoms with van der Waals surface area (Å²) < 4.78 is 3.53. The highest BCUT2D eigenvalue weighted by molar-refractivity contribution is 5.78. The van der Waals surface area contributed by atoms with Gasteiger partial charge in [0.25, 0.3) is 0 Å². The van der Waals surface area contributed by atoms with Crippen LogP contribution in [-0.4, -0.2) is 33.6 Å². The van der Waals surface area contributed by atoms with Gasteiger partial charge in [-0.05, 0) is 0 Å². The van der Waals surface area contributed by atoms with Gasteiger partial charge >= 0.3 is 18.3 Å². The Bertz CT molecular complexity index is 144. The summed E-state index contributed by atoms with van der Waals surface area (Å²) in [4.78, 5) is 27.6. The molecule has 7 heteroatoms. The van der Waals surface area contributed by atoms with E-state index in [4.69, 9.17) is 20.1 Å². The Morgan fingerprint density at radius 1 is 1.09 bits per heavy atom. The molecular formula is C4H6O7. The summed E-state index contributed by atoms with van der Waals surface area (Å²) in [5.41, 5.74) is 0. The van der Waals surface area contributed by atoms with E-state index < -0.39 is 18.3 Å². The fraction of sp³-hybridized carbons (Fsp3) is 0.250. The third kappa shape index (κ3) is 64.8. The van der Waals surface area contributed by atoms with Gasteiger partial charge in [-0.2, -0.15) is 0 Å². The molecule has 0 rings (SSSR count). The SMILES string of the molecule is CC(=O)OC(=O)O.O=C(O)O. The van der Waals surface area contributed by atoms with Gasteiger partial charge in [-0.1, -0.05) is 0 Å². The van der Waals surface area contributed by atoms with Crippen LogP contribution in [0.25, 0.3) is 0 Å². The number of hydrogen-bond donors (Lipinski definition) is 3. The van der Waals surface area contributed by atoms with Crippen molar-refractivity contribution >= 4 is 18.3 Å². The minimum atomic E-state index is -1.83. The minimum Gasteiger partial charge on any atom is -0.450 e. The number of carboxylic acid groups (broad SMARTS) is 3. The van der Waals surface area contributed by atoms with E-state index in [0.717, 1.165) is 6.92 Å². The van der Waals surface area contributed by atoms with Crippen molar-refractivity contribution < 1.29 is 34.4 Å². The molecule has 0 heterocycles. The van der Waals surface area contributed by atoms with Crippen LogP contribution in [-0.2, 0) is 9.53 Å². The Hall–Kier alpha value is -1.79. The van der Waals surface area contributed by atoms with Gasteiger partial charge in [0, 0.05) is 6.92 Å². The second kappa shape index (κ2) is 6.33. The lowest BCUT2D eigenvalue weighted by atomic mass is 10.8. The molecule has 3 N–H and O–H groups in total. The second-order valence-electron chi connectivity index (χ2n) is 1.14. The van der Waals surface area contributed by atoms with Gasteiger partial charge in [0.15, 0.2) is 0 Å². The maximum absolute atomic E-state index is 9.65. The van der Waals surface area contributed by atoms with Crippen LogP contribution in [0.4, 0.5) is 9.59 Å². The van der Waals surface area contributed by atoms with Crippen LogP contribution in [0, 0.1) is 0 Å². The molecule has 0 radical (unpaired) electrons. The average molecular weight is 166 g/mol. The summed E-state index contributed by atoms with van der Waals surface area (Å²) in [5, 5.41) is 21.6. The van der Waals surface area contributed by atoms with Gasteiger partial charge in [-0.25, -0.2) is 9.59 Å². The molecule has 0 unspecified atom stereocenters. The molecule has 0 amide bonds. The van der Waals surface area contributed by atoms with Crippen molar-refractivity contribution in [3.63, 3.8) is 0 Å². The van der Waals surface area contributed by atoms with Crippen molar-refractivity contribution in [2.24, 2.45) is 0 Å². The van der Waals surface area contributed by atoms with E-state index in [0.29, 0.717) is 0 Å². The number of rotatable bonds is 0. The molecule has 0 aliphatic carbocycles. The molecule has 0 aliphatic heterocycles. The molecule has 0 aliphatic rings. The summed E-state index contributed by atoms with van der Waals surface area (Å²) in [5.74, 6) is -0.812. The predicted molar refractivity (Wildman–Crippen MR) is 30.4 cm³/mol. The average Bonchev–Trinajstić information content (AvgIpc) is 1.56. The second-order valence-corrected chi connectivity index (χ2v) is 1.14. The highest BCUT2D eigenvalue weighted by Gasteiger charge is 1.97. The van der Waals surface area contributed by atoms with E-state index >= 15 is 0 Å². The summed E-state index contributed by atoms with van der Waals surface area (Å²) >= 11 is 0. The zero-order valence-corrected chi connectivity index (χ0v) is 5.47. The molecule has 11 heavy (non-hydrogen) atoms. The van der Waals surface area contributed by atoms with E-state index in [2.05, 4.69) is 4.74 Å². The monoisotopic (exact) mass is 166 g/mol. The summed E-state index contributed by atoms with van der Waals surface area (Å²) in [6.07, 6.45) is -3.40. The first kappa shape index (κ1) is 11.9. The summed E-state index contributed by atoms with van der Waals surface area (Å²) in [7, 11) is 0. The van der Waals surface area contributed by atoms with Crippen LogP contribution in [0.1, 0.15) is 6.92 Å². The topological polar surface area (TPSA) is 121 Å². The lowest BCUT2D eigenvalue weighted by Crippen LogP contribution is -2.04. The molecule has 0 aromatic rings. The van der Waals surface area contributed by atoms with Crippen LogP contribution in [0.5, 0.6) is 0 Å². The maximum Gasteiger partial charge on any atom is 0.513 e. The molecule has 7 nitrogen and oxygen atoms in total. The number of carbonyl (C=O) groups excluding carboxylic acids is 1. The highest BCUT2D eigenvalue weighted by atomic mass is 16.7. The summed E-state index contributed by atoms with van der Waals surface area (Å²) in [6, 6.07) is 0. The Morgan fingerprint density at radius 2 is 1.36 bits per heavy atom. The van der Waals surface area contributed by atoms with Gasteiger partial charge in [0.05, 0.1) is 0 Å². The third-order valence-electron chi connectivity index (χ3n) is 0.231. The van der Waals surface area contributed by atoms with Gasteiger partial charge in [0.1, 0.15) is 0 Å². The van der Waals surface area contributed by atoms with Crippen LogP contribution in [0.2, 0.25) is 0 Å². The molecule has 0 aromatic heterocycles. The first-order valence-electron chi connectivity index (χ1n) is 2.19. The Labute approximate surface area is 60.8 Å². The lowest BCUT2D eigenvalue weighted by Gasteiger charge is -1.85. The smallest absolute Gasteiger partial charge is 0.450 e. The van der Waals surface area contributed by atoms with Crippen molar-refractivity contribution in [3.05, 3.63) is 0 Å². The molecular weight excluding hydrogens is 160 g/mol. The maximum atomic E-state index is 9.65. The van der Waals surface area contributed by atoms with Crippen molar-refractivity contribution in [1.82, 2.24) is 0 Å². The Morgan fingerprint density at radius 3 is 1.36 bits per heavy atom. The fourth-order valence-electron chi connectivity index (χ4n) is 0.123. The van der Waals surface area contributed by atoms with Gasteiger partial charge in [-0.3, -0.25) is 4.79 Å². The summed E-state index contributed by atoms with van der Waals surface area (Å²) in [6.45, 7) is 1.02. The highest BCUT2D eigenvalue weighted by Crippen LogP contribution is 1.73. The Balaban J connectivity index is 0. The van der Waals surface area contributed by atoms with Gasteiger partial charge < -0.3 is 20.1 Å². The molecule has 0 bridgehead atoms. The molecule has 0 fully saturated rings. The molecule has 0 atom stereocenters. The standard InChI is InChI=1S/C3H4O4.CH2O3/c1-2(4)7-3(5)6;2-1(3)4/h1H3,(H,5,6);(H2,2,3,4). The van der Waals surface area contributed by atoms with E-state index in [-0.39, 0.29) is 0 Å².